The molecule has 0 bridgehead atoms. The van der Waals surface area contributed by atoms with Gasteiger partial charge in [-0.3, -0.25) is 9.00 Å². The van der Waals surface area contributed by atoms with Crippen molar-refractivity contribution < 1.29 is 13.6 Å². The molecular formula is C10H10NO3S-. The molecule has 1 N–H and O–H groups in total. The second-order valence-corrected chi connectivity index (χ2v) is 4.80. The maximum absolute atomic E-state index is 11.6. The lowest BCUT2D eigenvalue weighted by Crippen LogP contribution is -2.33. The van der Waals surface area contributed by atoms with Gasteiger partial charge in [0.1, 0.15) is 4.75 Å². The van der Waals surface area contributed by atoms with Crippen molar-refractivity contribution in [2.45, 2.75) is 17.6 Å². The maximum Gasteiger partial charge on any atom is 0.242 e. The van der Waals surface area contributed by atoms with Crippen molar-refractivity contribution in [2.24, 2.45) is 0 Å². The topological polar surface area (TPSA) is 69.2 Å². The predicted octanol–water partition coefficient (Wildman–Crippen LogP) is 1.04. The number of hydrogen-bond acceptors (Lipinski definition) is 3. The third-order valence-corrected chi connectivity index (χ3v) is 3.70. The van der Waals surface area contributed by atoms with Crippen LogP contribution in [0.2, 0.25) is 0 Å². The lowest BCUT2D eigenvalue weighted by Gasteiger charge is -2.17. The first kappa shape index (κ1) is 10.3. The van der Waals surface area contributed by atoms with Gasteiger partial charge in [0.2, 0.25) is 5.91 Å². The molecule has 1 aliphatic carbocycles. The summed E-state index contributed by atoms with van der Waals surface area (Å²) in [6.07, 6.45) is 0.837. The van der Waals surface area contributed by atoms with Gasteiger partial charge in [0, 0.05) is 5.69 Å². The summed E-state index contributed by atoms with van der Waals surface area (Å²) in [6.45, 7) is 0. The first-order valence-corrected chi connectivity index (χ1v) is 5.68. The zero-order valence-corrected chi connectivity index (χ0v) is 8.75. The normalized spacial score (nSPS) is 19.3. The Bertz CT molecular complexity index is 400. The van der Waals surface area contributed by atoms with Crippen LogP contribution in [0.3, 0.4) is 0 Å². The number of carbonyl (C=O) groups is 1. The van der Waals surface area contributed by atoms with Crippen LogP contribution < -0.4 is 5.32 Å². The number of para-hydroxylation sites is 1. The molecule has 5 heteroatoms. The van der Waals surface area contributed by atoms with E-state index in [1.54, 1.807) is 24.3 Å². The van der Waals surface area contributed by atoms with Crippen LogP contribution >= 0.6 is 0 Å². The summed E-state index contributed by atoms with van der Waals surface area (Å²) in [5, 5.41) is 2.59. The maximum atomic E-state index is 11.6. The summed E-state index contributed by atoms with van der Waals surface area (Å²) >= 11 is -2.33. The Hall–Kier alpha value is -1.20. The summed E-state index contributed by atoms with van der Waals surface area (Å²) < 4.78 is 20.5. The molecule has 1 aliphatic rings. The molecule has 1 atom stereocenters. The number of amides is 1. The average Bonchev–Trinajstić information content (AvgIpc) is 2.99. The Morgan fingerprint density at radius 2 is 1.93 bits per heavy atom. The molecule has 0 spiro atoms. The number of carbonyl (C=O) groups excluding carboxylic acids is 1. The van der Waals surface area contributed by atoms with Gasteiger partial charge in [0.05, 0.1) is 0 Å². The largest absolute Gasteiger partial charge is 0.772 e. The van der Waals surface area contributed by atoms with E-state index in [0.29, 0.717) is 18.5 Å². The standard InChI is InChI=1S/C10H11NO3S/c12-9(10(6-7-10)15(13)14)11-8-4-2-1-3-5-8/h1-5H,6-7H2,(H,11,12)(H,13,14)/p-1. The molecule has 1 amide bonds. The van der Waals surface area contributed by atoms with Gasteiger partial charge < -0.3 is 9.87 Å². The summed E-state index contributed by atoms with van der Waals surface area (Å²) in [4.78, 5) is 11.6. The highest BCUT2D eigenvalue weighted by molar-refractivity contribution is 7.82. The van der Waals surface area contributed by atoms with Crippen LogP contribution in [0, 0.1) is 0 Å². The van der Waals surface area contributed by atoms with Gasteiger partial charge in [0.15, 0.2) is 0 Å². The second kappa shape index (κ2) is 3.75. The summed E-state index contributed by atoms with van der Waals surface area (Å²) in [6, 6.07) is 8.84. The molecule has 1 fully saturated rings. The zero-order chi connectivity index (χ0) is 10.9. The fourth-order valence-corrected chi connectivity index (χ4v) is 1.99. The minimum atomic E-state index is -2.33. The van der Waals surface area contributed by atoms with E-state index in [4.69, 9.17) is 0 Å². The first-order chi connectivity index (χ1) is 7.15. The Kier molecular flexibility index (Phi) is 2.58. The molecular weight excluding hydrogens is 214 g/mol. The molecule has 15 heavy (non-hydrogen) atoms. The van der Waals surface area contributed by atoms with E-state index in [9.17, 15) is 13.6 Å². The van der Waals surface area contributed by atoms with E-state index < -0.39 is 21.7 Å². The minimum Gasteiger partial charge on any atom is -0.772 e. The van der Waals surface area contributed by atoms with E-state index >= 15 is 0 Å². The first-order valence-electron chi connectivity index (χ1n) is 4.61. The molecule has 0 saturated heterocycles. The predicted molar refractivity (Wildman–Crippen MR) is 56.0 cm³/mol. The van der Waals surface area contributed by atoms with Crippen LogP contribution in [-0.2, 0) is 15.9 Å². The van der Waals surface area contributed by atoms with E-state index in [2.05, 4.69) is 5.32 Å². The summed E-state index contributed by atoms with van der Waals surface area (Å²) in [5.74, 6) is -0.429. The van der Waals surface area contributed by atoms with E-state index in [1.165, 1.54) is 0 Å². The Morgan fingerprint density at radius 1 is 1.33 bits per heavy atom. The van der Waals surface area contributed by atoms with Gasteiger partial charge >= 0.3 is 0 Å². The van der Waals surface area contributed by atoms with Crippen molar-refractivity contribution in [1.29, 1.82) is 0 Å². The van der Waals surface area contributed by atoms with Crippen LogP contribution in [0.15, 0.2) is 30.3 Å². The van der Waals surface area contributed by atoms with Crippen molar-refractivity contribution >= 4 is 22.7 Å². The molecule has 0 aromatic heterocycles. The molecule has 80 valence electrons. The second-order valence-electron chi connectivity index (χ2n) is 3.55. The van der Waals surface area contributed by atoms with Gasteiger partial charge in [-0.25, -0.2) is 0 Å². The van der Waals surface area contributed by atoms with Crippen LogP contribution in [0.1, 0.15) is 12.8 Å². The van der Waals surface area contributed by atoms with Crippen molar-refractivity contribution in [2.75, 3.05) is 5.32 Å². The lowest BCUT2D eigenvalue weighted by atomic mass is 10.3. The number of nitrogens with one attached hydrogen (secondary N) is 1. The lowest BCUT2D eigenvalue weighted by molar-refractivity contribution is -0.116. The van der Waals surface area contributed by atoms with E-state index in [1.807, 2.05) is 6.07 Å². The van der Waals surface area contributed by atoms with Crippen molar-refractivity contribution in [3.63, 3.8) is 0 Å². The Morgan fingerprint density at radius 3 is 2.40 bits per heavy atom. The number of hydrogen-bond donors (Lipinski definition) is 1. The van der Waals surface area contributed by atoms with Gasteiger partial charge in [-0.05, 0) is 36.1 Å². The van der Waals surface area contributed by atoms with Crippen molar-refractivity contribution in [1.82, 2.24) is 0 Å². The van der Waals surface area contributed by atoms with Crippen LogP contribution in [0.25, 0.3) is 0 Å². The molecule has 0 radical (unpaired) electrons. The number of benzene rings is 1. The summed E-state index contributed by atoms with van der Waals surface area (Å²) in [5.41, 5.74) is 0.624. The fourth-order valence-electron chi connectivity index (χ4n) is 1.35. The van der Waals surface area contributed by atoms with Crippen LogP contribution in [0.4, 0.5) is 5.69 Å². The quantitative estimate of drug-likeness (QED) is 0.780. The Balaban J connectivity index is 2.08. The molecule has 2 rings (SSSR count). The molecule has 1 aromatic carbocycles. The highest BCUT2D eigenvalue weighted by Crippen LogP contribution is 2.41. The fraction of sp³-hybridized carbons (Fsp3) is 0.300. The van der Waals surface area contributed by atoms with E-state index in [-0.39, 0.29) is 0 Å². The van der Waals surface area contributed by atoms with Crippen molar-refractivity contribution in [3.05, 3.63) is 30.3 Å². The molecule has 4 nitrogen and oxygen atoms in total. The molecule has 1 unspecified atom stereocenters. The zero-order valence-electron chi connectivity index (χ0n) is 7.93. The number of rotatable bonds is 3. The third kappa shape index (κ3) is 1.93. The van der Waals surface area contributed by atoms with E-state index in [0.717, 1.165) is 0 Å². The van der Waals surface area contributed by atoms with Gasteiger partial charge in [0.25, 0.3) is 0 Å². The van der Waals surface area contributed by atoms with Crippen LogP contribution in [-0.4, -0.2) is 19.4 Å². The molecule has 0 heterocycles. The Labute approximate surface area is 90.0 Å². The van der Waals surface area contributed by atoms with Gasteiger partial charge in [-0.15, -0.1) is 0 Å². The van der Waals surface area contributed by atoms with Crippen LogP contribution in [0.5, 0.6) is 0 Å². The summed E-state index contributed by atoms with van der Waals surface area (Å²) in [7, 11) is 0. The SMILES string of the molecule is O=C(Nc1ccccc1)C1(S(=O)[O-])CC1. The highest BCUT2D eigenvalue weighted by atomic mass is 32.2. The molecule has 1 saturated carbocycles. The number of anilines is 1. The van der Waals surface area contributed by atoms with Crippen molar-refractivity contribution in [3.8, 4) is 0 Å². The average molecular weight is 224 g/mol. The molecule has 1 aromatic rings. The van der Waals surface area contributed by atoms with Gasteiger partial charge in [-0.2, -0.15) is 0 Å². The minimum absolute atomic E-state index is 0.418. The smallest absolute Gasteiger partial charge is 0.242 e. The third-order valence-electron chi connectivity index (χ3n) is 2.47. The monoisotopic (exact) mass is 224 g/mol. The highest BCUT2D eigenvalue weighted by Gasteiger charge is 2.51. The molecule has 0 aliphatic heterocycles. The van der Waals surface area contributed by atoms with Gasteiger partial charge in [-0.1, -0.05) is 18.2 Å².